The molecule has 0 spiro atoms. The lowest BCUT2D eigenvalue weighted by molar-refractivity contribution is 0.0942. The van der Waals surface area contributed by atoms with Crippen molar-refractivity contribution in [2.45, 2.75) is 6.04 Å². The Morgan fingerprint density at radius 1 is 1.29 bits per heavy atom. The predicted molar refractivity (Wildman–Crippen MR) is 78.2 cm³/mol. The summed E-state index contributed by atoms with van der Waals surface area (Å²) in [5.41, 5.74) is 1.86. The molecule has 108 valence electrons. The second-order valence-corrected chi connectivity index (χ2v) is 6.70. The van der Waals surface area contributed by atoms with Crippen LogP contribution in [0.2, 0.25) is 0 Å². The number of nitrogens with zero attached hydrogens (tertiary/aromatic N) is 1. The first kappa shape index (κ1) is 13.6. The highest BCUT2D eigenvalue weighted by molar-refractivity contribution is 7.94. The number of hydrogen-bond donors (Lipinski definition) is 2. The van der Waals surface area contributed by atoms with Crippen LogP contribution < -0.4 is 5.32 Å². The van der Waals surface area contributed by atoms with Gasteiger partial charge in [0.15, 0.2) is 9.84 Å². The maximum Gasteiger partial charge on any atom is 0.269 e. The van der Waals surface area contributed by atoms with Gasteiger partial charge in [-0.3, -0.25) is 9.89 Å². The molecule has 1 amide bonds. The summed E-state index contributed by atoms with van der Waals surface area (Å²) in [7, 11) is -3.18. The Morgan fingerprint density at radius 3 is 2.71 bits per heavy atom. The smallest absolute Gasteiger partial charge is 0.269 e. The van der Waals surface area contributed by atoms with E-state index in [0.717, 1.165) is 11.0 Å². The SMILES string of the molecule is O=C(N[C@@H]1C=CS(=O)(=O)C1)c1cc(-c2ccccc2)n[nH]1. The molecular weight excluding hydrogens is 290 g/mol. The normalized spacial score (nSPS) is 19.5. The molecule has 1 atom stereocenters. The van der Waals surface area contributed by atoms with Gasteiger partial charge >= 0.3 is 0 Å². The highest BCUT2D eigenvalue weighted by Gasteiger charge is 2.24. The van der Waals surface area contributed by atoms with Crippen molar-refractivity contribution in [1.82, 2.24) is 15.5 Å². The molecule has 0 radical (unpaired) electrons. The molecule has 3 rings (SSSR count). The van der Waals surface area contributed by atoms with Gasteiger partial charge in [-0.1, -0.05) is 30.3 Å². The lowest BCUT2D eigenvalue weighted by Gasteiger charge is -2.07. The van der Waals surface area contributed by atoms with Crippen molar-refractivity contribution in [3.05, 3.63) is 53.6 Å². The van der Waals surface area contributed by atoms with Crippen LogP contribution in [0.5, 0.6) is 0 Å². The Hall–Kier alpha value is -2.41. The summed E-state index contributed by atoms with van der Waals surface area (Å²) in [5.74, 6) is -0.477. The van der Waals surface area contributed by atoms with Crippen LogP contribution in [-0.4, -0.2) is 36.3 Å². The molecule has 1 aromatic heterocycles. The van der Waals surface area contributed by atoms with Crippen molar-refractivity contribution >= 4 is 15.7 Å². The van der Waals surface area contributed by atoms with Crippen molar-refractivity contribution in [3.8, 4) is 11.3 Å². The van der Waals surface area contributed by atoms with E-state index in [0.29, 0.717) is 11.4 Å². The first-order chi connectivity index (χ1) is 10.0. The summed E-state index contributed by atoms with van der Waals surface area (Å²) in [6, 6.07) is 10.6. The number of carbonyl (C=O) groups excluding carboxylic acids is 1. The van der Waals surface area contributed by atoms with Crippen LogP contribution >= 0.6 is 0 Å². The molecule has 1 aliphatic heterocycles. The van der Waals surface area contributed by atoms with Gasteiger partial charge in [0, 0.05) is 11.0 Å². The molecule has 2 heterocycles. The van der Waals surface area contributed by atoms with Gasteiger partial charge in [-0.15, -0.1) is 0 Å². The summed E-state index contributed by atoms with van der Waals surface area (Å²) >= 11 is 0. The number of benzene rings is 1. The Bertz CT molecular complexity index is 794. The van der Waals surface area contributed by atoms with Gasteiger partial charge in [0.1, 0.15) is 5.69 Å². The number of amides is 1. The minimum absolute atomic E-state index is 0.0988. The van der Waals surface area contributed by atoms with E-state index in [1.807, 2.05) is 30.3 Å². The average Bonchev–Trinajstić information content (AvgIpc) is 3.07. The van der Waals surface area contributed by atoms with Crippen LogP contribution in [0, 0.1) is 0 Å². The molecule has 1 aromatic carbocycles. The monoisotopic (exact) mass is 303 g/mol. The Morgan fingerprint density at radius 2 is 2.05 bits per heavy atom. The maximum atomic E-state index is 12.0. The highest BCUT2D eigenvalue weighted by atomic mass is 32.2. The third-order valence-corrected chi connectivity index (χ3v) is 4.53. The van der Waals surface area contributed by atoms with E-state index < -0.39 is 15.9 Å². The molecule has 0 aliphatic carbocycles. The molecule has 7 heteroatoms. The fraction of sp³-hybridized carbons (Fsp3) is 0.143. The van der Waals surface area contributed by atoms with E-state index >= 15 is 0 Å². The number of rotatable bonds is 3. The topological polar surface area (TPSA) is 91.9 Å². The van der Waals surface area contributed by atoms with Crippen LogP contribution in [0.1, 0.15) is 10.5 Å². The number of nitrogens with one attached hydrogen (secondary N) is 2. The van der Waals surface area contributed by atoms with Gasteiger partial charge in [0.05, 0.1) is 17.5 Å². The number of carbonyl (C=O) groups is 1. The number of hydrogen-bond acceptors (Lipinski definition) is 4. The van der Waals surface area contributed by atoms with Crippen molar-refractivity contribution in [2.75, 3.05) is 5.75 Å². The zero-order valence-electron chi connectivity index (χ0n) is 11.0. The molecule has 0 saturated heterocycles. The fourth-order valence-electron chi connectivity index (χ4n) is 2.11. The van der Waals surface area contributed by atoms with E-state index in [1.165, 1.54) is 6.08 Å². The van der Waals surface area contributed by atoms with Gasteiger partial charge in [0.25, 0.3) is 5.91 Å². The van der Waals surface area contributed by atoms with Crippen molar-refractivity contribution in [1.29, 1.82) is 0 Å². The summed E-state index contributed by atoms with van der Waals surface area (Å²) in [4.78, 5) is 12.0. The van der Waals surface area contributed by atoms with Crippen LogP contribution in [-0.2, 0) is 9.84 Å². The minimum Gasteiger partial charge on any atom is -0.343 e. The number of aromatic nitrogens is 2. The van der Waals surface area contributed by atoms with Crippen LogP contribution in [0.3, 0.4) is 0 Å². The van der Waals surface area contributed by atoms with Gasteiger partial charge < -0.3 is 5.32 Å². The van der Waals surface area contributed by atoms with Crippen LogP contribution in [0.4, 0.5) is 0 Å². The second kappa shape index (κ2) is 5.17. The lowest BCUT2D eigenvalue weighted by Crippen LogP contribution is -2.35. The van der Waals surface area contributed by atoms with E-state index in [-0.39, 0.29) is 11.7 Å². The Kier molecular flexibility index (Phi) is 3.34. The van der Waals surface area contributed by atoms with Crippen LogP contribution in [0.25, 0.3) is 11.3 Å². The van der Waals surface area contributed by atoms with Crippen molar-refractivity contribution in [2.24, 2.45) is 0 Å². The zero-order valence-corrected chi connectivity index (χ0v) is 11.8. The number of aromatic amines is 1. The van der Waals surface area contributed by atoms with Crippen LogP contribution in [0.15, 0.2) is 47.9 Å². The lowest BCUT2D eigenvalue weighted by atomic mass is 10.1. The molecular formula is C14H13N3O3S. The summed E-state index contributed by atoms with van der Waals surface area (Å²) in [6.07, 6.45) is 1.47. The Labute approximate surface area is 121 Å². The third-order valence-electron chi connectivity index (χ3n) is 3.14. The van der Waals surface area contributed by atoms with E-state index in [4.69, 9.17) is 0 Å². The maximum absolute atomic E-state index is 12.0. The second-order valence-electron chi connectivity index (χ2n) is 4.77. The molecule has 0 unspecified atom stereocenters. The number of H-pyrrole nitrogens is 1. The molecule has 21 heavy (non-hydrogen) atoms. The molecule has 1 aliphatic rings. The molecule has 2 aromatic rings. The average molecular weight is 303 g/mol. The summed E-state index contributed by atoms with van der Waals surface area (Å²) < 4.78 is 22.6. The van der Waals surface area contributed by atoms with E-state index in [2.05, 4.69) is 15.5 Å². The standard InChI is InChI=1S/C14H13N3O3S/c18-14(15-11-6-7-21(19,20)9-11)13-8-12(16-17-13)10-4-2-1-3-5-10/h1-8,11H,9H2,(H,15,18)(H,16,17)/t11-/m1/s1. The van der Waals surface area contributed by atoms with Crippen molar-refractivity contribution in [3.63, 3.8) is 0 Å². The zero-order chi connectivity index (χ0) is 14.9. The van der Waals surface area contributed by atoms with Gasteiger partial charge in [0.2, 0.25) is 0 Å². The Balaban J connectivity index is 1.72. The van der Waals surface area contributed by atoms with E-state index in [1.54, 1.807) is 6.07 Å². The fourth-order valence-corrected chi connectivity index (χ4v) is 3.34. The third kappa shape index (κ3) is 3.03. The highest BCUT2D eigenvalue weighted by Crippen LogP contribution is 2.17. The van der Waals surface area contributed by atoms with Gasteiger partial charge in [-0.2, -0.15) is 5.10 Å². The molecule has 6 nitrogen and oxygen atoms in total. The summed E-state index contributed by atoms with van der Waals surface area (Å²) in [6.45, 7) is 0. The van der Waals surface area contributed by atoms with Gasteiger partial charge in [-0.25, -0.2) is 8.42 Å². The molecule has 0 fully saturated rings. The summed E-state index contributed by atoms with van der Waals surface area (Å²) in [5, 5.41) is 10.5. The molecule has 0 bridgehead atoms. The predicted octanol–water partition coefficient (Wildman–Crippen LogP) is 1.12. The minimum atomic E-state index is -3.18. The van der Waals surface area contributed by atoms with Gasteiger partial charge in [-0.05, 0) is 12.1 Å². The number of sulfone groups is 1. The van der Waals surface area contributed by atoms with E-state index in [9.17, 15) is 13.2 Å². The molecule has 2 N–H and O–H groups in total. The first-order valence-corrected chi connectivity index (χ1v) is 8.08. The molecule has 0 saturated carbocycles. The largest absolute Gasteiger partial charge is 0.343 e. The first-order valence-electron chi connectivity index (χ1n) is 6.36. The quantitative estimate of drug-likeness (QED) is 0.888. The van der Waals surface area contributed by atoms with Crippen molar-refractivity contribution < 1.29 is 13.2 Å².